The molecule has 7 nitrogen and oxygen atoms in total. The largest absolute Gasteiger partial charge is 0.414 e. The van der Waals surface area contributed by atoms with Gasteiger partial charge in [-0.05, 0) is 95.8 Å². The number of benzene rings is 1. The molecule has 1 aliphatic carbocycles. The fraction of sp³-hybridized carbons (Fsp3) is 0.667. The topological polar surface area (TPSA) is 85.2 Å². The van der Waals surface area contributed by atoms with E-state index in [0.717, 1.165) is 42.0 Å². The Morgan fingerprint density at radius 2 is 1.78 bits per heavy atom. The average Bonchev–Trinajstić information content (AvgIpc) is 3.36. The molecule has 0 saturated heterocycles. The summed E-state index contributed by atoms with van der Waals surface area (Å²) in [6.45, 7) is 21.8. The van der Waals surface area contributed by atoms with E-state index < -0.39 is 23.9 Å². The highest BCUT2D eigenvalue weighted by molar-refractivity contribution is 7.89. The normalized spacial score (nSPS) is 23.6. The molecule has 0 amide bonds. The van der Waals surface area contributed by atoms with E-state index in [1.807, 2.05) is 26.0 Å². The fourth-order valence-corrected chi connectivity index (χ4v) is 8.18. The second kappa shape index (κ2) is 8.68. The van der Waals surface area contributed by atoms with E-state index in [2.05, 4.69) is 75.4 Å². The molecule has 4 rings (SSSR count). The number of hydrogen-bond donors (Lipinski definition) is 2. The minimum atomic E-state index is -3.47. The van der Waals surface area contributed by atoms with Crippen LogP contribution in [0.3, 0.4) is 0 Å². The van der Waals surface area contributed by atoms with Crippen molar-refractivity contribution in [2.75, 3.05) is 5.32 Å². The molecule has 1 aromatic heterocycles. The van der Waals surface area contributed by atoms with E-state index >= 15 is 0 Å². The summed E-state index contributed by atoms with van der Waals surface area (Å²) >= 11 is 0. The van der Waals surface area contributed by atoms with Crippen LogP contribution in [0.25, 0.3) is 0 Å². The lowest BCUT2D eigenvalue weighted by molar-refractivity contribution is 0.186. The lowest BCUT2D eigenvalue weighted by atomic mass is 9.95. The molecule has 0 radical (unpaired) electrons. The van der Waals surface area contributed by atoms with Crippen LogP contribution < -0.4 is 10.0 Å². The van der Waals surface area contributed by atoms with Crippen molar-refractivity contribution in [3.8, 4) is 0 Å². The van der Waals surface area contributed by atoms with Crippen molar-refractivity contribution in [2.24, 2.45) is 0 Å². The first-order chi connectivity index (χ1) is 16.3. The van der Waals surface area contributed by atoms with Gasteiger partial charge in [0.05, 0.1) is 21.7 Å². The Labute approximate surface area is 218 Å². The molecule has 200 valence electrons. The molecular formula is C27H44N4O3SSi. The summed E-state index contributed by atoms with van der Waals surface area (Å²) in [6, 6.07) is 7.62. The molecule has 2 atom stereocenters. The van der Waals surface area contributed by atoms with Crippen molar-refractivity contribution in [1.82, 2.24) is 14.5 Å². The van der Waals surface area contributed by atoms with E-state index in [1.165, 1.54) is 0 Å². The zero-order valence-electron chi connectivity index (χ0n) is 23.6. The number of rotatable bonds is 5. The molecule has 9 heteroatoms. The van der Waals surface area contributed by atoms with Crippen LogP contribution in [-0.4, -0.2) is 32.6 Å². The highest BCUT2D eigenvalue weighted by Crippen LogP contribution is 2.43. The van der Waals surface area contributed by atoms with Crippen molar-refractivity contribution >= 4 is 29.8 Å². The van der Waals surface area contributed by atoms with Crippen LogP contribution in [0.2, 0.25) is 18.1 Å². The summed E-state index contributed by atoms with van der Waals surface area (Å²) in [5.41, 5.74) is 1.86. The first kappa shape index (κ1) is 27.4. The molecule has 1 fully saturated rings. The quantitative estimate of drug-likeness (QED) is 0.426. The Kier molecular flexibility index (Phi) is 6.59. The third kappa shape index (κ3) is 5.17. The van der Waals surface area contributed by atoms with Gasteiger partial charge in [0.15, 0.2) is 8.32 Å². The predicted octanol–water partition coefficient (Wildman–Crippen LogP) is 6.57. The smallest absolute Gasteiger partial charge is 0.241 e. The average molecular weight is 533 g/mol. The van der Waals surface area contributed by atoms with Gasteiger partial charge in [-0.25, -0.2) is 17.8 Å². The molecule has 1 aliphatic heterocycles. The van der Waals surface area contributed by atoms with Gasteiger partial charge in [0.25, 0.3) is 0 Å². The van der Waals surface area contributed by atoms with Crippen LogP contribution in [0, 0.1) is 0 Å². The van der Waals surface area contributed by atoms with Crippen LogP contribution in [0.1, 0.15) is 91.8 Å². The Bertz CT molecular complexity index is 1250. The standard InChI is InChI=1S/C27H44N4O3SSi/c1-25(2,3)31-24(28-19-12-14-23-21(16-19)27(7,8)30-35(23,32)33)17-22(29-31)18-11-13-20(15-18)34-36(9,10)26(4,5)6/h12,14,16-18,20,28,30H,11,13,15H2,1-10H3/t18-,20+/m0/s1. The SMILES string of the molecule is CC1(C)NS(=O)(=O)c2ccc(Nc3cc([C@H]4CC[C@@H](O[Si](C)(C)C(C)(C)C)C4)nn3C(C)(C)C)cc21. The summed E-state index contributed by atoms with van der Waals surface area (Å²) in [5.74, 6) is 1.29. The number of fused-ring (bicyclic) bond motifs is 1. The molecule has 1 aromatic carbocycles. The van der Waals surface area contributed by atoms with Gasteiger partial charge in [0.2, 0.25) is 10.0 Å². The second-order valence-electron chi connectivity index (χ2n) is 13.6. The van der Waals surface area contributed by atoms with Crippen molar-refractivity contribution in [2.45, 2.75) is 121 Å². The minimum absolute atomic E-state index is 0.204. The third-order valence-electron chi connectivity index (χ3n) is 8.04. The zero-order chi connectivity index (χ0) is 26.9. The third-order valence-corrected chi connectivity index (χ3v) is 14.3. The maximum absolute atomic E-state index is 12.5. The molecule has 0 spiro atoms. The number of anilines is 2. The van der Waals surface area contributed by atoms with Gasteiger partial charge in [-0.2, -0.15) is 5.10 Å². The van der Waals surface area contributed by atoms with Gasteiger partial charge in [0, 0.05) is 23.8 Å². The molecule has 1 saturated carbocycles. The van der Waals surface area contributed by atoms with E-state index in [-0.39, 0.29) is 10.6 Å². The first-order valence-electron chi connectivity index (χ1n) is 13.0. The van der Waals surface area contributed by atoms with Crippen LogP contribution in [-0.2, 0) is 25.5 Å². The summed E-state index contributed by atoms with van der Waals surface area (Å²) in [7, 11) is -5.28. The Balaban J connectivity index is 1.59. The molecule has 0 unspecified atom stereocenters. The van der Waals surface area contributed by atoms with Gasteiger partial charge < -0.3 is 9.74 Å². The van der Waals surface area contributed by atoms with Crippen LogP contribution in [0.4, 0.5) is 11.5 Å². The Hall–Kier alpha value is -1.68. The lowest BCUT2D eigenvalue weighted by Crippen LogP contribution is -2.43. The van der Waals surface area contributed by atoms with Crippen LogP contribution >= 0.6 is 0 Å². The summed E-state index contributed by atoms with van der Waals surface area (Å²) < 4.78 is 36.5. The number of hydrogen-bond acceptors (Lipinski definition) is 5. The first-order valence-corrected chi connectivity index (χ1v) is 17.4. The van der Waals surface area contributed by atoms with Crippen molar-refractivity contribution < 1.29 is 12.8 Å². The summed E-state index contributed by atoms with van der Waals surface area (Å²) in [4.78, 5) is 0.349. The van der Waals surface area contributed by atoms with E-state index in [4.69, 9.17) is 9.52 Å². The molecular weight excluding hydrogens is 488 g/mol. The van der Waals surface area contributed by atoms with Gasteiger partial charge in [-0.1, -0.05) is 20.8 Å². The fourth-order valence-electron chi connectivity index (χ4n) is 5.03. The Morgan fingerprint density at radius 3 is 2.39 bits per heavy atom. The summed E-state index contributed by atoms with van der Waals surface area (Å²) in [5, 5.41) is 8.81. The predicted molar refractivity (Wildman–Crippen MR) is 149 cm³/mol. The van der Waals surface area contributed by atoms with Crippen molar-refractivity contribution in [1.29, 1.82) is 0 Å². The number of aromatic nitrogens is 2. The van der Waals surface area contributed by atoms with Gasteiger partial charge in [-0.15, -0.1) is 0 Å². The van der Waals surface area contributed by atoms with Gasteiger partial charge in [-0.3, -0.25) is 0 Å². The maximum atomic E-state index is 12.5. The monoisotopic (exact) mass is 532 g/mol. The van der Waals surface area contributed by atoms with E-state index in [9.17, 15) is 8.42 Å². The lowest BCUT2D eigenvalue weighted by Gasteiger charge is -2.38. The van der Waals surface area contributed by atoms with E-state index in [0.29, 0.717) is 16.9 Å². The van der Waals surface area contributed by atoms with Crippen molar-refractivity contribution in [3.63, 3.8) is 0 Å². The van der Waals surface area contributed by atoms with Gasteiger partial charge in [0.1, 0.15) is 5.82 Å². The van der Waals surface area contributed by atoms with Crippen molar-refractivity contribution in [3.05, 3.63) is 35.5 Å². The number of nitrogens with one attached hydrogen (secondary N) is 2. The maximum Gasteiger partial charge on any atom is 0.241 e. The molecule has 2 aromatic rings. The molecule has 2 heterocycles. The minimum Gasteiger partial charge on any atom is -0.414 e. The second-order valence-corrected chi connectivity index (χ2v) is 20.0. The molecule has 2 N–H and O–H groups in total. The zero-order valence-corrected chi connectivity index (χ0v) is 25.4. The van der Waals surface area contributed by atoms with Crippen LogP contribution in [0.15, 0.2) is 29.2 Å². The van der Waals surface area contributed by atoms with Crippen LogP contribution in [0.5, 0.6) is 0 Å². The van der Waals surface area contributed by atoms with Gasteiger partial charge >= 0.3 is 0 Å². The number of nitrogens with zero attached hydrogens (tertiary/aromatic N) is 2. The summed E-state index contributed by atoms with van der Waals surface area (Å²) in [6.07, 6.45) is 3.45. The number of sulfonamides is 1. The molecule has 2 aliphatic rings. The molecule has 0 bridgehead atoms. The van der Waals surface area contributed by atoms with E-state index in [1.54, 1.807) is 6.07 Å². The molecule has 36 heavy (non-hydrogen) atoms. The highest BCUT2D eigenvalue weighted by Gasteiger charge is 2.42. The Morgan fingerprint density at radius 1 is 1.11 bits per heavy atom. The highest BCUT2D eigenvalue weighted by atomic mass is 32.2.